The molecule has 3 rings (SSSR count). The number of halogens is 1. The second-order valence-electron chi connectivity index (χ2n) is 5.21. The van der Waals surface area contributed by atoms with Crippen molar-refractivity contribution in [3.8, 4) is 0 Å². The Labute approximate surface area is 109 Å². The van der Waals surface area contributed by atoms with E-state index in [4.69, 9.17) is 5.11 Å². The van der Waals surface area contributed by atoms with Crippen molar-refractivity contribution in [2.75, 3.05) is 0 Å². The Morgan fingerprint density at radius 1 is 1.58 bits per heavy atom. The quantitative estimate of drug-likeness (QED) is 0.919. The van der Waals surface area contributed by atoms with Crippen LogP contribution in [-0.4, -0.2) is 26.1 Å². The summed E-state index contributed by atoms with van der Waals surface area (Å²) >= 11 is 0. The molecule has 0 amide bonds. The summed E-state index contributed by atoms with van der Waals surface area (Å²) in [6.07, 6.45) is 2.48. The van der Waals surface area contributed by atoms with Crippen LogP contribution in [-0.2, 0) is 6.54 Å². The predicted molar refractivity (Wildman–Crippen MR) is 66.3 cm³/mol. The zero-order chi connectivity index (χ0) is 13.6. The van der Waals surface area contributed by atoms with Crippen molar-refractivity contribution >= 4 is 17.0 Å². The van der Waals surface area contributed by atoms with Gasteiger partial charge < -0.3 is 5.11 Å². The van der Waals surface area contributed by atoms with Gasteiger partial charge in [0.05, 0.1) is 11.1 Å². The first kappa shape index (κ1) is 12.1. The third-order valence-corrected chi connectivity index (χ3v) is 3.72. The third-order valence-electron chi connectivity index (χ3n) is 3.72. The van der Waals surface area contributed by atoms with Crippen molar-refractivity contribution in [3.63, 3.8) is 0 Å². The lowest BCUT2D eigenvalue weighted by Gasteiger charge is -2.10. The third kappa shape index (κ3) is 2.18. The second-order valence-corrected chi connectivity index (χ2v) is 5.21. The van der Waals surface area contributed by atoms with Gasteiger partial charge in [-0.2, -0.15) is 0 Å². The molecule has 1 fully saturated rings. The monoisotopic (exact) mass is 263 g/mol. The van der Waals surface area contributed by atoms with Gasteiger partial charge >= 0.3 is 5.97 Å². The van der Waals surface area contributed by atoms with Crippen LogP contribution in [0.15, 0.2) is 12.1 Å². The minimum absolute atomic E-state index is 0.338. The zero-order valence-corrected chi connectivity index (χ0v) is 10.5. The Balaban J connectivity index is 2.00. The van der Waals surface area contributed by atoms with E-state index < -0.39 is 11.8 Å². The normalized spacial score (nSPS) is 16.7. The maximum atomic E-state index is 13.5. The standard InChI is InChI=1S/C13H14FN3O2/c1-7(8-2-3-8)6-17-12-4-9(13(18)19)10(14)5-11(12)15-16-17/h4-5,7-8H,2-3,6H2,1H3,(H,18,19). The topological polar surface area (TPSA) is 68.0 Å². The lowest BCUT2D eigenvalue weighted by atomic mass is 10.1. The largest absolute Gasteiger partial charge is 0.478 e. The molecule has 1 N–H and O–H groups in total. The highest BCUT2D eigenvalue weighted by Gasteiger charge is 2.28. The van der Waals surface area contributed by atoms with Crippen LogP contribution in [0.3, 0.4) is 0 Å². The average molecular weight is 263 g/mol. The van der Waals surface area contributed by atoms with Crippen LogP contribution in [0.2, 0.25) is 0 Å². The van der Waals surface area contributed by atoms with E-state index in [2.05, 4.69) is 17.2 Å². The Morgan fingerprint density at radius 3 is 2.95 bits per heavy atom. The summed E-state index contributed by atoms with van der Waals surface area (Å²) in [6, 6.07) is 2.44. The van der Waals surface area contributed by atoms with Gasteiger partial charge in [-0.3, -0.25) is 0 Å². The molecule has 0 bridgehead atoms. The molecule has 1 aromatic heterocycles. The maximum absolute atomic E-state index is 13.5. The molecule has 19 heavy (non-hydrogen) atoms. The van der Waals surface area contributed by atoms with Gasteiger partial charge in [0, 0.05) is 12.6 Å². The molecular formula is C13H14FN3O2. The van der Waals surface area contributed by atoms with E-state index in [-0.39, 0.29) is 5.56 Å². The molecule has 0 radical (unpaired) electrons. The fraction of sp³-hybridized carbons (Fsp3) is 0.462. The van der Waals surface area contributed by atoms with E-state index in [1.807, 2.05) is 0 Å². The van der Waals surface area contributed by atoms with Crippen molar-refractivity contribution in [1.82, 2.24) is 15.0 Å². The van der Waals surface area contributed by atoms with Crippen LogP contribution in [0.4, 0.5) is 4.39 Å². The number of aromatic nitrogens is 3. The van der Waals surface area contributed by atoms with Crippen LogP contribution >= 0.6 is 0 Å². The molecule has 100 valence electrons. The lowest BCUT2D eigenvalue weighted by molar-refractivity contribution is 0.0692. The number of hydrogen-bond acceptors (Lipinski definition) is 3. The molecule has 1 aliphatic rings. The molecule has 1 unspecified atom stereocenters. The summed E-state index contributed by atoms with van der Waals surface area (Å²) in [7, 11) is 0. The van der Waals surface area contributed by atoms with Crippen LogP contribution in [0.1, 0.15) is 30.1 Å². The van der Waals surface area contributed by atoms with Gasteiger partial charge in [-0.15, -0.1) is 5.10 Å². The highest BCUT2D eigenvalue weighted by atomic mass is 19.1. The molecular weight excluding hydrogens is 249 g/mol. The molecule has 1 aromatic carbocycles. The molecule has 2 aromatic rings. The summed E-state index contributed by atoms with van der Waals surface area (Å²) in [5, 5.41) is 16.8. The van der Waals surface area contributed by atoms with Crippen LogP contribution in [0, 0.1) is 17.7 Å². The number of fused-ring (bicyclic) bond motifs is 1. The fourth-order valence-corrected chi connectivity index (χ4v) is 2.37. The number of hydrogen-bond donors (Lipinski definition) is 1. The smallest absolute Gasteiger partial charge is 0.338 e. The highest BCUT2D eigenvalue weighted by molar-refractivity contribution is 5.92. The van der Waals surface area contributed by atoms with Gasteiger partial charge in [-0.25, -0.2) is 13.9 Å². The molecule has 1 heterocycles. The molecule has 0 saturated heterocycles. The summed E-state index contributed by atoms with van der Waals surface area (Å²) in [5.41, 5.74) is 0.631. The van der Waals surface area contributed by atoms with Gasteiger partial charge in [0.25, 0.3) is 0 Å². The van der Waals surface area contributed by atoms with Gasteiger partial charge in [-0.1, -0.05) is 12.1 Å². The molecule has 1 saturated carbocycles. The van der Waals surface area contributed by atoms with E-state index in [0.29, 0.717) is 23.5 Å². The first-order chi connectivity index (χ1) is 9.06. The number of carboxylic acids is 1. The molecule has 5 nitrogen and oxygen atoms in total. The Bertz CT molecular complexity index is 649. The molecule has 6 heteroatoms. The van der Waals surface area contributed by atoms with E-state index in [1.54, 1.807) is 4.68 Å². The summed E-state index contributed by atoms with van der Waals surface area (Å²) in [5.74, 6) is -0.855. The van der Waals surface area contributed by atoms with Crippen LogP contribution < -0.4 is 0 Å². The van der Waals surface area contributed by atoms with E-state index in [1.165, 1.54) is 18.9 Å². The van der Waals surface area contributed by atoms with Crippen molar-refractivity contribution in [2.45, 2.75) is 26.3 Å². The maximum Gasteiger partial charge on any atom is 0.338 e. The average Bonchev–Trinajstić information content (AvgIpc) is 3.13. The summed E-state index contributed by atoms with van der Waals surface area (Å²) < 4.78 is 15.2. The van der Waals surface area contributed by atoms with Crippen molar-refractivity contribution in [3.05, 3.63) is 23.5 Å². The SMILES string of the molecule is CC(Cn1nnc2cc(F)c(C(=O)O)cc21)C1CC1. The fourth-order valence-electron chi connectivity index (χ4n) is 2.37. The number of benzene rings is 1. The van der Waals surface area contributed by atoms with E-state index in [0.717, 1.165) is 12.0 Å². The number of aromatic carboxylic acids is 1. The molecule has 0 spiro atoms. The highest BCUT2D eigenvalue weighted by Crippen LogP contribution is 2.37. The molecule has 1 atom stereocenters. The Kier molecular flexibility index (Phi) is 2.73. The lowest BCUT2D eigenvalue weighted by Crippen LogP contribution is -2.11. The summed E-state index contributed by atoms with van der Waals surface area (Å²) in [6.45, 7) is 2.83. The van der Waals surface area contributed by atoms with Gasteiger partial charge in [-0.05, 0) is 30.7 Å². The number of carboxylic acid groups (broad SMARTS) is 1. The Morgan fingerprint density at radius 2 is 2.32 bits per heavy atom. The summed E-state index contributed by atoms with van der Waals surface area (Å²) in [4.78, 5) is 10.9. The first-order valence-corrected chi connectivity index (χ1v) is 6.32. The van der Waals surface area contributed by atoms with E-state index in [9.17, 15) is 9.18 Å². The van der Waals surface area contributed by atoms with Crippen molar-refractivity contribution in [1.29, 1.82) is 0 Å². The van der Waals surface area contributed by atoms with Gasteiger partial charge in [0.1, 0.15) is 11.3 Å². The second kappa shape index (κ2) is 4.29. The minimum atomic E-state index is -1.28. The van der Waals surface area contributed by atoms with Crippen molar-refractivity contribution in [2.24, 2.45) is 11.8 Å². The Hall–Kier alpha value is -1.98. The van der Waals surface area contributed by atoms with Gasteiger partial charge in [0.2, 0.25) is 0 Å². The minimum Gasteiger partial charge on any atom is -0.478 e. The number of rotatable bonds is 4. The van der Waals surface area contributed by atoms with Crippen LogP contribution in [0.5, 0.6) is 0 Å². The number of carbonyl (C=O) groups is 1. The first-order valence-electron chi connectivity index (χ1n) is 6.32. The number of nitrogens with zero attached hydrogens (tertiary/aromatic N) is 3. The van der Waals surface area contributed by atoms with Crippen LogP contribution in [0.25, 0.3) is 11.0 Å². The molecule has 0 aliphatic heterocycles. The molecule has 1 aliphatic carbocycles. The van der Waals surface area contributed by atoms with Gasteiger partial charge in [0.15, 0.2) is 0 Å². The van der Waals surface area contributed by atoms with Crippen molar-refractivity contribution < 1.29 is 14.3 Å². The zero-order valence-electron chi connectivity index (χ0n) is 10.5. The van der Waals surface area contributed by atoms with E-state index >= 15 is 0 Å². The predicted octanol–water partition coefficient (Wildman–Crippen LogP) is 2.31.